The van der Waals surface area contributed by atoms with E-state index in [2.05, 4.69) is 33.2 Å². The second-order valence-corrected chi connectivity index (χ2v) is 10.6. The van der Waals surface area contributed by atoms with Crippen molar-refractivity contribution in [1.82, 2.24) is 24.6 Å². The molecule has 0 spiro atoms. The van der Waals surface area contributed by atoms with Crippen LogP contribution in [0.3, 0.4) is 0 Å². The molecule has 0 amide bonds. The Morgan fingerprint density at radius 3 is 2.36 bits per heavy atom. The fourth-order valence-electron chi connectivity index (χ4n) is 5.84. The van der Waals surface area contributed by atoms with E-state index in [9.17, 15) is 4.79 Å². The largest absolute Gasteiger partial charge is 0.379 e. The molecule has 0 radical (unpaired) electrons. The Morgan fingerprint density at radius 1 is 0.917 bits per heavy atom. The van der Waals surface area contributed by atoms with E-state index >= 15 is 0 Å². The van der Waals surface area contributed by atoms with Gasteiger partial charge in [-0.05, 0) is 74.6 Å². The van der Waals surface area contributed by atoms with Crippen molar-refractivity contribution >= 4 is 5.78 Å². The normalized spacial score (nSPS) is 23.0. The number of aromatic nitrogens is 4. The summed E-state index contributed by atoms with van der Waals surface area (Å²) in [6.07, 6.45) is 13.2. The van der Waals surface area contributed by atoms with E-state index in [1.54, 1.807) is 10.9 Å². The summed E-state index contributed by atoms with van der Waals surface area (Å²) < 4.78 is 7.27. The maximum absolute atomic E-state index is 13.1. The molecule has 36 heavy (non-hydrogen) atoms. The molecular formula is C29H35N5O2. The van der Waals surface area contributed by atoms with E-state index in [-0.39, 0.29) is 5.78 Å². The first-order valence-electron chi connectivity index (χ1n) is 13.5. The van der Waals surface area contributed by atoms with Crippen molar-refractivity contribution in [3.8, 4) is 5.82 Å². The molecule has 7 heteroatoms. The summed E-state index contributed by atoms with van der Waals surface area (Å²) in [4.78, 5) is 25.0. The minimum atomic E-state index is 0.0638. The smallest absolute Gasteiger partial charge is 0.170 e. The molecule has 2 saturated carbocycles. The van der Waals surface area contributed by atoms with Gasteiger partial charge >= 0.3 is 0 Å². The SMILES string of the molecule is Cc1c(C(=O)Cc2ccc(C3CCC(N4CCOCC4)CC3)nc2)cnn1-c1ccc(C2CC2)cn1. The van der Waals surface area contributed by atoms with Crippen molar-refractivity contribution in [1.29, 1.82) is 0 Å². The molecule has 0 N–H and O–H groups in total. The number of ketones is 1. The summed E-state index contributed by atoms with van der Waals surface area (Å²) >= 11 is 0. The Morgan fingerprint density at radius 2 is 1.69 bits per heavy atom. The number of carbonyl (C=O) groups is 1. The van der Waals surface area contributed by atoms with Crippen LogP contribution in [0.4, 0.5) is 0 Å². The molecule has 0 atom stereocenters. The molecule has 188 valence electrons. The molecule has 3 aromatic rings. The highest BCUT2D eigenvalue weighted by Gasteiger charge is 2.28. The highest BCUT2D eigenvalue weighted by atomic mass is 16.5. The number of Topliss-reactive ketones (excluding diaryl/α,β-unsaturated/α-hetero) is 1. The Kier molecular flexibility index (Phi) is 6.67. The van der Waals surface area contributed by atoms with E-state index in [4.69, 9.17) is 9.72 Å². The van der Waals surface area contributed by atoms with Crippen molar-refractivity contribution < 1.29 is 9.53 Å². The second kappa shape index (κ2) is 10.2. The molecule has 3 aromatic heterocycles. The maximum atomic E-state index is 13.1. The average Bonchev–Trinajstić information content (AvgIpc) is 3.71. The first kappa shape index (κ1) is 23.5. The molecular weight excluding hydrogens is 450 g/mol. The van der Waals surface area contributed by atoms with Gasteiger partial charge in [0.25, 0.3) is 0 Å². The van der Waals surface area contributed by atoms with Crippen molar-refractivity contribution in [2.45, 2.75) is 69.7 Å². The minimum absolute atomic E-state index is 0.0638. The standard InChI is InChI=1S/C29H35N5O2/c1-20-26(19-32-34(20)29-11-7-24(18-31-29)22-3-4-22)28(35)16-21-2-10-27(30-17-21)23-5-8-25(9-6-23)33-12-14-36-15-13-33/h2,7,10-11,17-19,22-23,25H,3-6,8-9,12-16H2,1H3. The molecule has 4 heterocycles. The van der Waals surface area contributed by atoms with Gasteiger partial charge < -0.3 is 4.74 Å². The fraction of sp³-hybridized carbons (Fsp3) is 0.517. The number of hydrogen-bond acceptors (Lipinski definition) is 6. The van der Waals surface area contributed by atoms with Gasteiger partial charge in [0.1, 0.15) is 0 Å². The predicted molar refractivity (Wildman–Crippen MR) is 138 cm³/mol. The van der Waals surface area contributed by atoms with Gasteiger partial charge in [-0.15, -0.1) is 0 Å². The van der Waals surface area contributed by atoms with Gasteiger partial charge in [0.05, 0.1) is 30.7 Å². The number of nitrogens with zero attached hydrogens (tertiary/aromatic N) is 5. The second-order valence-electron chi connectivity index (χ2n) is 10.6. The predicted octanol–water partition coefficient (Wildman–Crippen LogP) is 4.63. The van der Waals surface area contributed by atoms with E-state index in [1.807, 2.05) is 25.4 Å². The Balaban J connectivity index is 1.06. The third-order valence-electron chi connectivity index (χ3n) is 8.24. The maximum Gasteiger partial charge on any atom is 0.170 e. The lowest BCUT2D eigenvalue weighted by Gasteiger charge is -2.38. The fourth-order valence-corrected chi connectivity index (χ4v) is 5.84. The summed E-state index contributed by atoms with van der Waals surface area (Å²) in [6.45, 7) is 5.81. The molecule has 1 saturated heterocycles. The zero-order valence-corrected chi connectivity index (χ0v) is 21.1. The van der Waals surface area contributed by atoms with Crippen molar-refractivity contribution in [2.75, 3.05) is 26.3 Å². The topological polar surface area (TPSA) is 73.1 Å². The summed E-state index contributed by atoms with van der Waals surface area (Å²) in [5, 5.41) is 4.46. The van der Waals surface area contributed by atoms with Crippen LogP contribution in [0.15, 0.2) is 42.9 Å². The van der Waals surface area contributed by atoms with Crippen molar-refractivity contribution in [2.24, 2.45) is 0 Å². The van der Waals surface area contributed by atoms with Crippen LogP contribution in [-0.4, -0.2) is 62.8 Å². The first-order valence-corrected chi connectivity index (χ1v) is 13.5. The highest BCUT2D eigenvalue weighted by molar-refractivity contribution is 5.98. The average molecular weight is 486 g/mol. The van der Waals surface area contributed by atoms with E-state index in [1.165, 1.54) is 44.1 Å². The van der Waals surface area contributed by atoms with Gasteiger partial charge in [0.2, 0.25) is 0 Å². The molecule has 3 aliphatic rings. The van der Waals surface area contributed by atoms with Gasteiger partial charge in [0, 0.05) is 49.6 Å². The number of pyridine rings is 2. The third kappa shape index (κ3) is 5.00. The number of morpholine rings is 1. The Hall–Kier alpha value is -2.90. The molecule has 0 unspecified atom stereocenters. The Labute approximate surface area is 212 Å². The lowest BCUT2D eigenvalue weighted by atomic mass is 9.83. The van der Waals surface area contributed by atoms with Gasteiger partial charge in [-0.1, -0.05) is 12.1 Å². The van der Waals surface area contributed by atoms with Crippen LogP contribution in [0.2, 0.25) is 0 Å². The van der Waals surface area contributed by atoms with Crippen LogP contribution in [0, 0.1) is 6.92 Å². The summed E-state index contributed by atoms with van der Waals surface area (Å²) in [5.41, 5.74) is 4.88. The third-order valence-corrected chi connectivity index (χ3v) is 8.24. The van der Waals surface area contributed by atoms with Crippen LogP contribution in [-0.2, 0) is 11.2 Å². The monoisotopic (exact) mass is 485 g/mol. The molecule has 2 aliphatic carbocycles. The van der Waals surface area contributed by atoms with Crippen LogP contribution in [0.25, 0.3) is 5.82 Å². The van der Waals surface area contributed by atoms with E-state index in [0.717, 1.165) is 49.1 Å². The van der Waals surface area contributed by atoms with E-state index in [0.29, 0.717) is 29.9 Å². The van der Waals surface area contributed by atoms with Crippen LogP contribution < -0.4 is 0 Å². The molecule has 1 aliphatic heterocycles. The zero-order chi connectivity index (χ0) is 24.5. The van der Waals surface area contributed by atoms with Crippen molar-refractivity contribution in [3.63, 3.8) is 0 Å². The minimum Gasteiger partial charge on any atom is -0.379 e. The summed E-state index contributed by atoms with van der Waals surface area (Å²) in [5.74, 6) is 2.01. The number of hydrogen-bond donors (Lipinski definition) is 0. The lowest BCUT2D eigenvalue weighted by molar-refractivity contribution is 0.00721. The lowest BCUT2D eigenvalue weighted by Crippen LogP contribution is -2.44. The first-order chi connectivity index (χ1) is 17.7. The summed E-state index contributed by atoms with van der Waals surface area (Å²) in [7, 11) is 0. The number of ether oxygens (including phenoxy) is 1. The molecule has 3 fully saturated rings. The quantitative estimate of drug-likeness (QED) is 0.454. The van der Waals surface area contributed by atoms with Gasteiger partial charge in [-0.25, -0.2) is 9.67 Å². The van der Waals surface area contributed by atoms with Crippen molar-refractivity contribution in [3.05, 3.63) is 70.9 Å². The van der Waals surface area contributed by atoms with Gasteiger partial charge in [-0.3, -0.25) is 14.7 Å². The summed E-state index contributed by atoms with van der Waals surface area (Å²) in [6, 6.07) is 9.03. The Bertz CT molecular complexity index is 1190. The number of carbonyl (C=O) groups excluding carboxylic acids is 1. The zero-order valence-electron chi connectivity index (χ0n) is 21.1. The van der Waals surface area contributed by atoms with Gasteiger partial charge in [-0.2, -0.15) is 5.10 Å². The van der Waals surface area contributed by atoms with Crippen LogP contribution in [0.5, 0.6) is 0 Å². The van der Waals surface area contributed by atoms with Gasteiger partial charge in [0.15, 0.2) is 11.6 Å². The number of rotatable bonds is 7. The van der Waals surface area contributed by atoms with Crippen LogP contribution >= 0.6 is 0 Å². The van der Waals surface area contributed by atoms with E-state index < -0.39 is 0 Å². The molecule has 0 aromatic carbocycles. The highest BCUT2D eigenvalue weighted by Crippen LogP contribution is 2.39. The van der Waals surface area contributed by atoms with Crippen LogP contribution in [0.1, 0.15) is 83.2 Å². The molecule has 6 rings (SSSR count). The molecule has 0 bridgehead atoms. The molecule has 7 nitrogen and oxygen atoms in total.